The van der Waals surface area contributed by atoms with Crippen molar-refractivity contribution in [2.24, 2.45) is 0 Å². The number of nitrogens with zero attached hydrogens (tertiary/aromatic N) is 3. The third-order valence-electron chi connectivity index (χ3n) is 2.00. The van der Waals surface area contributed by atoms with Crippen molar-refractivity contribution >= 4 is 5.65 Å². The highest BCUT2D eigenvalue weighted by Crippen LogP contribution is 2.11. The molecule has 0 aromatic carbocycles. The summed E-state index contributed by atoms with van der Waals surface area (Å²) < 4.78 is 1.89. The second kappa shape index (κ2) is 1.84. The first-order valence-corrected chi connectivity index (χ1v) is 3.57. The van der Waals surface area contributed by atoms with E-state index >= 15 is 0 Å². The van der Waals surface area contributed by atoms with Gasteiger partial charge in [-0.25, -0.2) is 4.52 Å². The summed E-state index contributed by atoms with van der Waals surface area (Å²) in [5.74, 6) is 0.899. The molecule has 0 saturated carbocycles. The molecule has 0 spiro atoms. The van der Waals surface area contributed by atoms with Crippen LogP contribution in [0.25, 0.3) is 5.65 Å². The minimum atomic E-state index is 0.899. The number of H-pyrrole nitrogens is 1. The largest absolute Gasteiger partial charge is 0.295 e. The van der Waals surface area contributed by atoms with Crippen LogP contribution in [0, 0.1) is 20.8 Å². The Labute approximate surface area is 64.2 Å². The fourth-order valence-corrected chi connectivity index (χ4v) is 1.16. The highest BCUT2D eigenvalue weighted by Gasteiger charge is 2.07. The molecule has 58 valence electrons. The number of aryl methyl sites for hydroxylation is 3. The lowest BCUT2D eigenvalue weighted by molar-refractivity contribution is 0.875. The van der Waals surface area contributed by atoms with Gasteiger partial charge in [-0.1, -0.05) is 0 Å². The van der Waals surface area contributed by atoms with Crippen LogP contribution in [0.15, 0.2) is 0 Å². The number of rotatable bonds is 0. The van der Waals surface area contributed by atoms with Gasteiger partial charge >= 0.3 is 0 Å². The summed E-state index contributed by atoms with van der Waals surface area (Å²) in [4.78, 5) is 0. The van der Waals surface area contributed by atoms with Crippen molar-refractivity contribution in [3.05, 3.63) is 17.1 Å². The van der Waals surface area contributed by atoms with E-state index in [0.717, 1.165) is 17.2 Å². The van der Waals surface area contributed by atoms with Crippen molar-refractivity contribution in [3.63, 3.8) is 0 Å². The first kappa shape index (κ1) is 6.39. The average molecular weight is 150 g/mol. The van der Waals surface area contributed by atoms with Gasteiger partial charge in [0.1, 0.15) is 5.82 Å². The Balaban J connectivity index is 2.93. The molecule has 2 rings (SSSR count). The zero-order valence-corrected chi connectivity index (χ0v) is 6.84. The Morgan fingerprint density at radius 3 is 2.55 bits per heavy atom. The summed E-state index contributed by atoms with van der Waals surface area (Å²) in [6, 6.07) is 0. The average Bonchev–Trinajstić information content (AvgIpc) is 2.43. The summed E-state index contributed by atoms with van der Waals surface area (Å²) in [7, 11) is 0. The topological polar surface area (TPSA) is 46.0 Å². The molecule has 2 aromatic heterocycles. The Kier molecular flexibility index (Phi) is 1.07. The highest BCUT2D eigenvalue weighted by atomic mass is 15.4. The van der Waals surface area contributed by atoms with E-state index in [2.05, 4.69) is 15.3 Å². The van der Waals surface area contributed by atoms with Crippen LogP contribution in [-0.4, -0.2) is 19.8 Å². The molecule has 0 bridgehead atoms. The second-order valence-corrected chi connectivity index (χ2v) is 2.77. The van der Waals surface area contributed by atoms with Gasteiger partial charge in [0.15, 0.2) is 5.65 Å². The monoisotopic (exact) mass is 150 g/mol. The Bertz CT molecular complexity index is 396. The molecule has 0 unspecified atom stereocenters. The van der Waals surface area contributed by atoms with Crippen LogP contribution in [0.1, 0.15) is 17.1 Å². The third-order valence-corrected chi connectivity index (χ3v) is 2.00. The van der Waals surface area contributed by atoms with Crippen molar-refractivity contribution in [3.8, 4) is 0 Å². The fourth-order valence-electron chi connectivity index (χ4n) is 1.16. The van der Waals surface area contributed by atoms with E-state index in [0.29, 0.717) is 0 Å². The maximum atomic E-state index is 4.02. The molecule has 2 heterocycles. The van der Waals surface area contributed by atoms with E-state index < -0.39 is 0 Å². The van der Waals surface area contributed by atoms with Crippen LogP contribution in [0.3, 0.4) is 0 Å². The number of aromatic nitrogens is 4. The maximum absolute atomic E-state index is 4.02. The molecular weight excluding hydrogens is 140 g/mol. The van der Waals surface area contributed by atoms with Crippen LogP contribution in [-0.2, 0) is 0 Å². The van der Waals surface area contributed by atoms with Gasteiger partial charge in [-0.2, -0.15) is 0 Å². The predicted octanol–water partition coefficient (Wildman–Crippen LogP) is 0.983. The zero-order chi connectivity index (χ0) is 8.01. The van der Waals surface area contributed by atoms with Crippen molar-refractivity contribution in [2.45, 2.75) is 20.8 Å². The second-order valence-electron chi connectivity index (χ2n) is 2.77. The van der Waals surface area contributed by atoms with E-state index in [1.807, 2.05) is 25.3 Å². The van der Waals surface area contributed by atoms with Gasteiger partial charge in [-0.3, -0.25) is 5.10 Å². The number of aromatic amines is 1. The van der Waals surface area contributed by atoms with E-state index in [9.17, 15) is 0 Å². The normalized spacial score (nSPS) is 11.2. The summed E-state index contributed by atoms with van der Waals surface area (Å²) in [5.41, 5.74) is 3.25. The van der Waals surface area contributed by atoms with Crippen molar-refractivity contribution in [1.29, 1.82) is 0 Å². The molecule has 11 heavy (non-hydrogen) atoms. The summed E-state index contributed by atoms with van der Waals surface area (Å²) in [6.07, 6.45) is 0. The molecular formula is C7H10N4. The molecule has 4 heteroatoms. The van der Waals surface area contributed by atoms with Gasteiger partial charge < -0.3 is 0 Å². The van der Waals surface area contributed by atoms with Crippen LogP contribution < -0.4 is 0 Å². The van der Waals surface area contributed by atoms with Gasteiger partial charge in [-0.15, -0.1) is 10.2 Å². The summed E-state index contributed by atoms with van der Waals surface area (Å²) >= 11 is 0. The molecule has 4 nitrogen and oxygen atoms in total. The van der Waals surface area contributed by atoms with E-state index in [1.165, 1.54) is 5.56 Å². The summed E-state index contributed by atoms with van der Waals surface area (Å²) in [6.45, 7) is 5.99. The summed E-state index contributed by atoms with van der Waals surface area (Å²) in [5, 5.41) is 11.1. The van der Waals surface area contributed by atoms with Crippen molar-refractivity contribution in [1.82, 2.24) is 19.8 Å². The first-order chi connectivity index (χ1) is 5.20. The minimum Gasteiger partial charge on any atom is -0.295 e. The van der Waals surface area contributed by atoms with Gasteiger partial charge in [0, 0.05) is 11.3 Å². The molecule has 0 fully saturated rings. The molecule has 0 radical (unpaired) electrons. The molecule has 2 aromatic rings. The van der Waals surface area contributed by atoms with E-state index in [4.69, 9.17) is 0 Å². The van der Waals surface area contributed by atoms with Gasteiger partial charge in [0.2, 0.25) is 0 Å². The van der Waals surface area contributed by atoms with Crippen molar-refractivity contribution < 1.29 is 0 Å². The number of hydrogen-bond acceptors (Lipinski definition) is 2. The quantitative estimate of drug-likeness (QED) is 0.608. The Morgan fingerprint density at radius 2 is 1.91 bits per heavy atom. The molecule has 0 aliphatic heterocycles. The highest BCUT2D eigenvalue weighted by molar-refractivity contribution is 5.48. The molecule has 0 aliphatic carbocycles. The smallest absolute Gasteiger partial charge is 0.180 e. The van der Waals surface area contributed by atoms with Gasteiger partial charge in [-0.05, 0) is 20.8 Å². The molecule has 0 atom stereocenters. The molecule has 0 aliphatic rings. The first-order valence-electron chi connectivity index (χ1n) is 3.57. The lowest BCUT2D eigenvalue weighted by Crippen LogP contribution is -1.87. The van der Waals surface area contributed by atoms with Crippen molar-refractivity contribution in [2.75, 3.05) is 0 Å². The van der Waals surface area contributed by atoms with Crippen LogP contribution >= 0.6 is 0 Å². The SMILES string of the molecule is Cc1[nH]n2c(C)nnc2c1C. The standard InChI is InChI=1S/C7H10N4/c1-4-5(2)10-11-6(3)8-9-7(4)11/h10H,1-3H3. The number of fused-ring (bicyclic) bond motifs is 1. The van der Waals surface area contributed by atoms with E-state index in [-0.39, 0.29) is 0 Å². The minimum absolute atomic E-state index is 0.899. The molecule has 1 N–H and O–H groups in total. The lowest BCUT2D eigenvalue weighted by Gasteiger charge is -1.84. The fraction of sp³-hybridized carbons (Fsp3) is 0.429. The van der Waals surface area contributed by atoms with Crippen LogP contribution in [0.2, 0.25) is 0 Å². The predicted molar refractivity (Wildman–Crippen MR) is 41.5 cm³/mol. The lowest BCUT2D eigenvalue weighted by atomic mass is 10.3. The third kappa shape index (κ3) is 0.691. The maximum Gasteiger partial charge on any atom is 0.180 e. The molecule has 0 saturated heterocycles. The Hall–Kier alpha value is -1.32. The van der Waals surface area contributed by atoms with Crippen LogP contribution in [0.4, 0.5) is 0 Å². The molecule has 0 amide bonds. The zero-order valence-electron chi connectivity index (χ0n) is 6.84. The van der Waals surface area contributed by atoms with Gasteiger partial charge in [0.25, 0.3) is 0 Å². The number of hydrogen-bond donors (Lipinski definition) is 1. The van der Waals surface area contributed by atoms with Gasteiger partial charge in [0.05, 0.1) is 0 Å². The van der Waals surface area contributed by atoms with E-state index in [1.54, 1.807) is 0 Å². The Morgan fingerprint density at radius 1 is 1.18 bits per heavy atom. The number of nitrogens with one attached hydrogen (secondary N) is 1. The van der Waals surface area contributed by atoms with Crippen LogP contribution in [0.5, 0.6) is 0 Å².